The lowest BCUT2D eigenvalue weighted by Crippen LogP contribution is -2.13. The fraction of sp³-hybridized carbons (Fsp3) is 0.100. The molecule has 4 rings (SSSR count). The number of fused-ring (bicyclic) bond motifs is 1. The molecule has 6 nitrogen and oxygen atoms in total. The molecule has 0 amide bonds. The van der Waals surface area contributed by atoms with E-state index in [0.29, 0.717) is 0 Å². The molecule has 0 bridgehead atoms. The quantitative estimate of drug-likeness (QED) is 0.449. The van der Waals surface area contributed by atoms with Crippen LogP contribution in [0, 0.1) is 0 Å². The number of nitrogens with two attached hydrogens (primary N) is 1. The molecule has 2 aromatic heterocycles. The summed E-state index contributed by atoms with van der Waals surface area (Å²) < 4.78 is 64.0. The second kappa shape index (κ2) is 7.91. The molecule has 0 aliphatic heterocycles. The van der Waals surface area contributed by atoms with Crippen molar-refractivity contribution in [3.63, 3.8) is 0 Å². The van der Waals surface area contributed by atoms with Crippen molar-refractivity contribution in [1.29, 1.82) is 0 Å². The van der Waals surface area contributed by atoms with Gasteiger partial charge in [0.15, 0.2) is 11.5 Å². The van der Waals surface area contributed by atoms with E-state index in [1.807, 2.05) is 30.3 Å². The third kappa shape index (κ3) is 4.84. The van der Waals surface area contributed by atoms with Crippen molar-refractivity contribution in [2.45, 2.75) is 17.6 Å². The van der Waals surface area contributed by atoms with Gasteiger partial charge in [-0.1, -0.05) is 18.2 Å². The molecule has 0 saturated carbocycles. The van der Waals surface area contributed by atoms with Gasteiger partial charge < -0.3 is 5.32 Å². The van der Waals surface area contributed by atoms with Crippen LogP contribution < -0.4 is 10.5 Å². The van der Waals surface area contributed by atoms with Gasteiger partial charge in [0.1, 0.15) is 5.82 Å². The standard InChI is InChI=1S/C20H15F3N4O2S2/c21-20(22,23)17-10-18(25-11-14-9-13-3-1-2-4-16(13)30-14)27-19(26-17)12-5-7-15(8-6-12)31(24,28)29/h1-10H,11H2,(H2,24,28,29)(H,25,26,27). The van der Waals surface area contributed by atoms with Crippen molar-refractivity contribution in [3.8, 4) is 11.4 Å². The van der Waals surface area contributed by atoms with Crippen LogP contribution in [-0.2, 0) is 22.7 Å². The van der Waals surface area contributed by atoms with Crippen LogP contribution in [0.1, 0.15) is 10.6 Å². The molecule has 0 unspecified atom stereocenters. The van der Waals surface area contributed by atoms with Crippen LogP contribution in [0.5, 0.6) is 0 Å². The summed E-state index contributed by atoms with van der Waals surface area (Å²) in [6.45, 7) is 0.289. The highest BCUT2D eigenvalue weighted by atomic mass is 32.2. The molecule has 0 radical (unpaired) electrons. The van der Waals surface area contributed by atoms with Crippen LogP contribution >= 0.6 is 11.3 Å². The van der Waals surface area contributed by atoms with Gasteiger partial charge in [-0.25, -0.2) is 23.5 Å². The smallest absolute Gasteiger partial charge is 0.365 e. The van der Waals surface area contributed by atoms with Crippen LogP contribution in [0.3, 0.4) is 0 Å². The second-order valence-electron chi connectivity index (χ2n) is 6.63. The Labute approximate surface area is 179 Å². The number of anilines is 1. The fourth-order valence-corrected chi connectivity index (χ4v) is 4.43. The average molecular weight is 464 g/mol. The minimum Gasteiger partial charge on any atom is -0.365 e. The predicted octanol–water partition coefficient (Wildman–Crippen LogP) is 4.64. The van der Waals surface area contributed by atoms with E-state index in [0.717, 1.165) is 21.0 Å². The summed E-state index contributed by atoms with van der Waals surface area (Å²) in [5.74, 6) is -0.181. The van der Waals surface area contributed by atoms with Crippen LogP contribution in [0.25, 0.3) is 21.5 Å². The Morgan fingerprint density at radius 1 is 1.00 bits per heavy atom. The molecule has 11 heteroatoms. The van der Waals surface area contributed by atoms with Gasteiger partial charge in [-0.05, 0) is 41.8 Å². The van der Waals surface area contributed by atoms with E-state index >= 15 is 0 Å². The first-order valence-electron chi connectivity index (χ1n) is 8.90. The van der Waals surface area contributed by atoms with E-state index < -0.39 is 21.9 Å². The minimum absolute atomic E-state index is 0.00491. The minimum atomic E-state index is -4.67. The molecule has 0 spiro atoms. The Hall–Kier alpha value is -3.02. The number of aromatic nitrogens is 2. The van der Waals surface area contributed by atoms with E-state index in [-0.39, 0.29) is 28.6 Å². The summed E-state index contributed by atoms with van der Waals surface area (Å²) in [7, 11) is -3.92. The highest BCUT2D eigenvalue weighted by Crippen LogP contribution is 2.31. The number of rotatable bonds is 5. The van der Waals surface area contributed by atoms with Crippen molar-refractivity contribution in [3.05, 3.63) is 71.2 Å². The molecule has 3 N–H and O–H groups in total. The molecule has 0 atom stereocenters. The van der Waals surface area contributed by atoms with Crippen LogP contribution in [0.15, 0.2) is 65.6 Å². The normalized spacial score (nSPS) is 12.3. The number of nitrogens with zero attached hydrogens (tertiary/aromatic N) is 2. The predicted molar refractivity (Wildman–Crippen MR) is 113 cm³/mol. The first kappa shape index (κ1) is 21.2. The number of thiophene rings is 1. The summed E-state index contributed by atoms with van der Waals surface area (Å²) in [5.41, 5.74) is -0.879. The Kier molecular flexibility index (Phi) is 5.42. The molecule has 0 aliphatic carbocycles. The molecule has 0 aliphatic rings. The van der Waals surface area contributed by atoms with Crippen LogP contribution in [0.2, 0.25) is 0 Å². The molecule has 2 heterocycles. The number of primary sulfonamides is 1. The Morgan fingerprint density at radius 2 is 1.71 bits per heavy atom. The number of hydrogen-bond acceptors (Lipinski definition) is 6. The largest absolute Gasteiger partial charge is 0.433 e. The van der Waals surface area contributed by atoms with Gasteiger partial charge in [0.25, 0.3) is 0 Å². The maximum absolute atomic E-state index is 13.4. The van der Waals surface area contributed by atoms with Crippen molar-refractivity contribution in [2.75, 3.05) is 5.32 Å². The van der Waals surface area contributed by atoms with Crippen molar-refractivity contribution >= 4 is 37.3 Å². The highest BCUT2D eigenvalue weighted by Gasteiger charge is 2.34. The second-order valence-corrected chi connectivity index (χ2v) is 9.36. The summed E-state index contributed by atoms with van der Waals surface area (Å²) in [6, 6.07) is 15.6. The Morgan fingerprint density at radius 3 is 2.35 bits per heavy atom. The molecule has 0 fully saturated rings. The first-order chi connectivity index (χ1) is 14.6. The van der Waals surface area contributed by atoms with E-state index in [9.17, 15) is 21.6 Å². The lowest BCUT2D eigenvalue weighted by molar-refractivity contribution is -0.141. The van der Waals surface area contributed by atoms with E-state index in [4.69, 9.17) is 5.14 Å². The van der Waals surface area contributed by atoms with Crippen molar-refractivity contribution in [1.82, 2.24) is 9.97 Å². The zero-order valence-electron chi connectivity index (χ0n) is 15.7. The molecule has 2 aromatic carbocycles. The van der Waals surface area contributed by atoms with Gasteiger partial charge in [0, 0.05) is 21.2 Å². The topological polar surface area (TPSA) is 98.0 Å². The summed E-state index contributed by atoms with van der Waals surface area (Å²) >= 11 is 1.53. The van der Waals surface area contributed by atoms with Gasteiger partial charge in [-0.15, -0.1) is 11.3 Å². The highest BCUT2D eigenvalue weighted by molar-refractivity contribution is 7.89. The molecule has 4 aromatic rings. The van der Waals surface area contributed by atoms with Gasteiger partial charge in [-0.3, -0.25) is 0 Å². The third-order valence-corrected chi connectivity index (χ3v) is 6.42. The van der Waals surface area contributed by atoms with Crippen molar-refractivity contribution < 1.29 is 21.6 Å². The monoisotopic (exact) mass is 464 g/mol. The van der Waals surface area contributed by atoms with E-state index in [1.54, 1.807) is 0 Å². The number of hydrogen-bond donors (Lipinski definition) is 2. The lowest BCUT2D eigenvalue weighted by atomic mass is 10.2. The zero-order valence-corrected chi connectivity index (χ0v) is 17.4. The SMILES string of the molecule is NS(=O)(=O)c1ccc(-c2nc(NCc3cc4ccccc4s3)cc(C(F)(F)F)n2)cc1. The summed E-state index contributed by atoms with van der Waals surface area (Å²) in [6.07, 6.45) is -4.67. The number of nitrogens with one attached hydrogen (secondary N) is 1. The zero-order chi connectivity index (χ0) is 22.2. The number of sulfonamides is 1. The number of benzene rings is 2. The summed E-state index contributed by atoms with van der Waals surface area (Å²) in [4.78, 5) is 8.56. The number of halogens is 3. The summed E-state index contributed by atoms with van der Waals surface area (Å²) in [5, 5.41) is 9.03. The average Bonchev–Trinajstić information content (AvgIpc) is 3.14. The number of alkyl halides is 3. The van der Waals surface area contributed by atoms with Crippen LogP contribution in [0.4, 0.5) is 19.0 Å². The maximum Gasteiger partial charge on any atom is 0.433 e. The van der Waals surface area contributed by atoms with Crippen LogP contribution in [-0.4, -0.2) is 18.4 Å². The first-order valence-corrected chi connectivity index (χ1v) is 11.3. The van der Waals surface area contributed by atoms with Gasteiger partial charge >= 0.3 is 6.18 Å². The van der Waals surface area contributed by atoms with Gasteiger partial charge in [0.2, 0.25) is 10.0 Å². The van der Waals surface area contributed by atoms with Gasteiger partial charge in [0.05, 0.1) is 11.4 Å². The molecule has 31 heavy (non-hydrogen) atoms. The maximum atomic E-state index is 13.4. The lowest BCUT2D eigenvalue weighted by Gasteiger charge is -2.12. The third-order valence-electron chi connectivity index (χ3n) is 4.38. The molecular weight excluding hydrogens is 449 g/mol. The molecule has 160 valence electrons. The van der Waals surface area contributed by atoms with E-state index in [2.05, 4.69) is 15.3 Å². The van der Waals surface area contributed by atoms with Gasteiger partial charge in [-0.2, -0.15) is 13.2 Å². The Balaban J connectivity index is 1.65. The molecular formula is C20H15F3N4O2S2. The van der Waals surface area contributed by atoms with Crippen molar-refractivity contribution in [2.24, 2.45) is 5.14 Å². The van der Waals surface area contributed by atoms with E-state index in [1.165, 1.54) is 35.6 Å². The molecule has 0 saturated heterocycles. The fourth-order valence-electron chi connectivity index (χ4n) is 2.91. The Bertz CT molecular complexity index is 1320.